The Kier molecular flexibility index (Phi) is 3.70. The molecule has 1 N–H and O–H groups in total. The molecule has 2 rings (SSSR count). The van der Waals surface area contributed by atoms with Crippen molar-refractivity contribution in [1.29, 1.82) is 0 Å². The Morgan fingerprint density at radius 3 is 3.07 bits per heavy atom. The van der Waals surface area contributed by atoms with Gasteiger partial charge in [-0.1, -0.05) is 34.5 Å². The largest absolute Gasteiger partial charge is 0.310 e. The summed E-state index contributed by atoms with van der Waals surface area (Å²) in [7, 11) is 0. The molecular weight excluding hydrogens is 273 g/mol. The average molecular weight is 289 g/mol. The summed E-state index contributed by atoms with van der Waals surface area (Å²) in [6.45, 7) is 3.27. The highest BCUT2D eigenvalue weighted by atomic mass is 79.9. The SMILES string of the molecule is CCCNC1CCc2c(Br)cc(Cl)cc21. The third-order valence-electron chi connectivity index (χ3n) is 2.89. The minimum atomic E-state index is 0.495. The second-order valence-corrected chi connectivity index (χ2v) is 5.29. The summed E-state index contributed by atoms with van der Waals surface area (Å²) in [4.78, 5) is 0. The first-order valence-corrected chi connectivity index (χ1v) is 6.60. The van der Waals surface area contributed by atoms with Crippen molar-refractivity contribution in [3.05, 3.63) is 32.8 Å². The summed E-state index contributed by atoms with van der Waals surface area (Å²) in [6, 6.07) is 4.58. The van der Waals surface area contributed by atoms with Gasteiger partial charge < -0.3 is 5.32 Å². The van der Waals surface area contributed by atoms with Crippen molar-refractivity contribution in [2.45, 2.75) is 32.2 Å². The fraction of sp³-hybridized carbons (Fsp3) is 0.500. The molecule has 0 amide bonds. The van der Waals surface area contributed by atoms with Crippen LogP contribution in [0.1, 0.15) is 36.9 Å². The minimum Gasteiger partial charge on any atom is -0.310 e. The molecule has 0 aromatic heterocycles. The molecule has 0 fully saturated rings. The molecule has 0 saturated heterocycles. The van der Waals surface area contributed by atoms with Gasteiger partial charge in [0.1, 0.15) is 0 Å². The number of rotatable bonds is 3. The highest BCUT2D eigenvalue weighted by Gasteiger charge is 2.23. The van der Waals surface area contributed by atoms with Crippen LogP contribution in [-0.2, 0) is 6.42 Å². The second kappa shape index (κ2) is 4.86. The van der Waals surface area contributed by atoms with E-state index in [2.05, 4.69) is 34.2 Å². The quantitative estimate of drug-likeness (QED) is 0.883. The van der Waals surface area contributed by atoms with Gasteiger partial charge in [-0.25, -0.2) is 0 Å². The van der Waals surface area contributed by atoms with E-state index in [-0.39, 0.29) is 0 Å². The van der Waals surface area contributed by atoms with Crippen molar-refractivity contribution >= 4 is 27.5 Å². The zero-order valence-corrected chi connectivity index (χ0v) is 11.2. The molecule has 0 spiro atoms. The Morgan fingerprint density at radius 2 is 2.33 bits per heavy atom. The molecule has 1 atom stereocenters. The molecular formula is C12H15BrClN. The van der Waals surface area contributed by atoms with Crippen molar-refractivity contribution in [1.82, 2.24) is 5.32 Å². The number of hydrogen-bond donors (Lipinski definition) is 1. The average Bonchev–Trinajstić information content (AvgIpc) is 2.58. The van der Waals surface area contributed by atoms with E-state index in [4.69, 9.17) is 11.6 Å². The van der Waals surface area contributed by atoms with Crippen LogP contribution in [0.4, 0.5) is 0 Å². The fourth-order valence-corrected chi connectivity index (χ4v) is 3.21. The lowest BCUT2D eigenvalue weighted by Crippen LogP contribution is -2.19. The zero-order valence-electron chi connectivity index (χ0n) is 8.82. The van der Waals surface area contributed by atoms with Gasteiger partial charge in [-0.15, -0.1) is 0 Å². The first kappa shape index (κ1) is 11.4. The molecule has 15 heavy (non-hydrogen) atoms. The smallest absolute Gasteiger partial charge is 0.0420 e. The molecule has 0 aliphatic heterocycles. The van der Waals surface area contributed by atoms with Crippen LogP contribution >= 0.6 is 27.5 Å². The fourth-order valence-electron chi connectivity index (χ4n) is 2.17. The zero-order chi connectivity index (χ0) is 10.8. The molecule has 1 unspecified atom stereocenters. The van der Waals surface area contributed by atoms with Crippen molar-refractivity contribution in [2.75, 3.05) is 6.54 Å². The molecule has 0 saturated carbocycles. The van der Waals surface area contributed by atoms with E-state index < -0.39 is 0 Å². The first-order chi connectivity index (χ1) is 7.22. The number of fused-ring (bicyclic) bond motifs is 1. The predicted molar refractivity (Wildman–Crippen MR) is 68.5 cm³/mol. The van der Waals surface area contributed by atoms with Gasteiger partial charge in [0.15, 0.2) is 0 Å². The van der Waals surface area contributed by atoms with E-state index in [9.17, 15) is 0 Å². The van der Waals surface area contributed by atoms with Gasteiger partial charge in [-0.05, 0) is 49.1 Å². The van der Waals surface area contributed by atoms with Gasteiger partial charge in [0.25, 0.3) is 0 Å². The van der Waals surface area contributed by atoms with E-state index in [1.54, 1.807) is 0 Å². The molecule has 0 bridgehead atoms. The van der Waals surface area contributed by atoms with Crippen LogP contribution in [0.25, 0.3) is 0 Å². The van der Waals surface area contributed by atoms with Crippen LogP contribution in [0, 0.1) is 0 Å². The number of nitrogens with one attached hydrogen (secondary N) is 1. The Morgan fingerprint density at radius 1 is 1.53 bits per heavy atom. The predicted octanol–water partition coefficient (Wildman–Crippen LogP) is 4.09. The van der Waals surface area contributed by atoms with Crippen LogP contribution < -0.4 is 5.32 Å². The van der Waals surface area contributed by atoms with Crippen molar-refractivity contribution in [3.63, 3.8) is 0 Å². The highest BCUT2D eigenvalue weighted by molar-refractivity contribution is 9.10. The van der Waals surface area contributed by atoms with Gasteiger partial charge in [0.05, 0.1) is 0 Å². The van der Waals surface area contributed by atoms with Crippen LogP contribution in [0.2, 0.25) is 5.02 Å². The van der Waals surface area contributed by atoms with Crippen LogP contribution in [0.15, 0.2) is 16.6 Å². The summed E-state index contributed by atoms with van der Waals surface area (Å²) in [5, 5.41) is 4.39. The van der Waals surface area contributed by atoms with Crippen molar-refractivity contribution < 1.29 is 0 Å². The van der Waals surface area contributed by atoms with E-state index in [0.29, 0.717) is 6.04 Å². The standard InChI is InChI=1S/C12H15BrClN/c1-2-5-15-12-4-3-9-10(12)6-8(14)7-11(9)13/h6-7,12,15H,2-5H2,1H3. The van der Waals surface area contributed by atoms with Gasteiger partial charge >= 0.3 is 0 Å². The molecule has 82 valence electrons. The maximum absolute atomic E-state index is 6.07. The van der Waals surface area contributed by atoms with Gasteiger partial charge in [0.2, 0.25) is 0 Å². The summed E-state index contributed by atoms with van der Waals surface area (Å²) in [5.41, 5.74) is 2.80. The maximum atomic E-state index is 6.07. The Bertz CT molecular complexity index is 365. The lowest BCUT2D eigenvalue weighted by molar-refractivity contribution is 0.529. The first-order valence-electron chi connectivity index (χ1n) is 5.43. The monoisotopic (exact) mass is 287 g/mol. The van der Waals surface area contributed by atoms with Gasteiger partial charge in [-0.3, -0.25) is 0 Å². The second-order valence-electron chi connectivity index (χ2n) is 4.00. The van der Waals surface area contributed by atoms with Crippen LogP contribution in [0.5, 0.6) is 0 Å². The number of hydrogen-bond acceptors (Lipinski definition) is 1. The summed E-state index contributed by atoms with van der Waals surface area (Å²) < 4.78 is 1.16. The molecule has 0 heterocycles. The van der Waals surface area contributed by atoms with E-state index in [1.165, 1.54) is 24.0 Å². The highest BCUT2D eigenvalue weighted by Crippen LogP contribution is 2.37. The maximum Gasteiger partial charge on any atom is 0.0420 e. The van der Waals surface area contributed by atoms with Gasteiger partial charge in [0, 0.05) is 15.5 Å². The lowest BCUT2D eigenvalue weighted by atomic mass is 10.1. The molecule has 1 aliphatic carbocycles. The van der Waals surface area contributed by atoms with Crippen LogP contribution in [0.3, 0.4) is 0 Å². The van der Waals surface area contributed by atoms with Crippen molar-refractivity contribution in [2.24, 2.45) is 0 Å². The molecule has 1 aromatic rings. The molecule has 3 heteroatoms. The Hall–Kier alpha value is -0.0500. The van der Waals surface area contributed by atoms with E-state index >= 15 is 0 Å². The molecule has 1 aromatic carbocycles. The third kappa shape index (κ3) is 2.38. The Labute approximate surface area is 104 Å². The summed E-state index contributed by atoms with van der Waals surface area (Å²) >= 11 is 9.65. The van der Waals surface area contributed by atoms with Crippen molar-refractivity contribution in [3.8, 4) is 0 Å². The van der Waals surface area contributed by atoms with E-state index in [0.717, 1.165) is 22.5 Å². The Balaban J connectivity index is 2.25. The number of benzene rings is 1. The van der Waals surface area contributed by atoms with Gasteiger partial charge in [-0.2, -0.15) is 0 Å². The van der Waals surface area contributed by atoms with Crippen LogP contribution in [-0.4, -0.2) is 6.54 Å². The molecule has 1 nitrogen and oxygen atoms in total. The topological polar surface area (TPSA) is 12.0 Å². The normalized spacial score (nSPS) is 19.3. The minimum absolute atomic E-state index is 0.495. The summed E-state index contributed by atoms with van der Waals surface area (Å²) in [5.74, 6) is 0. The third-order valence-corrected chi connectivity index (χ3v) is 3.82. The lowest BCUT2D eigenvalue weighted by Gasteiger charge is -2.13. The molecule has 1 aliphatic rings. The van der Waals surface area contributed by atoms with E-state index in [1.807, 2.05) is 6.07 Å². The molecule has 0 radical (unpaired) electrons. The summed E-state index contributed by atoms with van der Waals surface area (Å²) in [6.07, 6.45) is 3.51. The number of halogens is 2.